The van der Waals surface area contributed by atoms with Crippen LogP contribution in [0.25, 0.3) is 5.69 Å². The van der Waals surface area contributed by atoms with E-state index in [0.29, 0.717) is 11.8 Å². The molecule has 2 aromatic rings. The molecule has 3 nitrogen and oxygen atoms in total. The van der Waals surface area contributed by atoms with Crippen molar-refractivity contribution in [2.45, 2.75) is 53.9 Å². The summed E-state index contributed by atoms with van der Waals surface area (Å²) in [5, 5.41) is 3.32. The van der Waals surface area contributed by atoms with Gasteiger partial charge in [0.15, 0.2) is 0 Å². The van der Waals surface area contributed by atoms with Crippen molar-refractivity contribution in [2.75, 3.05) is 0 Å². The number of nitrogens with one attached hydrogen (secondary N) is 1. The van der Waals surface area contributed by atoms with Crippen molar-refractivity contribution >= 4 is 0 Å². The third kappa shape index (κ3) is 3.12. The predicted molar refractivity (Wildman–Crippen MR) is 88.5 cm³/mol. The molecule has 114 valence electrons. The summed E-state index contributed by atoms with van der Waals surface area (Å²) in [6.07, 6.45) is 0.820. The maximum absolute atomic E-state index is 12.8. The van der Waals surface area contributed by atoms with Crippen LogP contribution in [0.5, 0.6) is 0 Å². The fourth-order valence-electron chi connectivity index (χ4n) is 2.62. The van der Waals surface area contributed by atoms with Crippen molar-refractivity contribution in [3.63, 3.8) is 0 Å². The van der Waals surface area contributed by atoms with Gasteiger partial charge in [-0.25, -0.2) is 4.68 Å². The fourth-order valence-corrected chi connectivity index (χ4v) is 2.62. The van der Waals surface area contributed by atoms with Crippen LogP contribution in [0.2, 0.25) is 0 Å². The molecule has 3 heteroatoms. The molecule has 0 spiro atoms. The van der Waals surface area contributed by atoms with E-state index in [2.05, 4.69) is 58.8 Å². The van der Waals surface area contributed by atoms with Gasteiger partial charge in [-0.15, -0.1) is 0 Å². The minimum absolute atomic E-state index is 0.0932. The first kappa shape index (κ1) is 15.6. The Balaban J connectivity index is 2.59. The monoisotopic (exact) mass is 286 g/mol. The molecule has 1 aromatic carbocycles. The van der Waals surface area contributed by atoms with Gasteiger partial charge >= 0.3 is 0 Å². The average Bonchev–Trinajstić information content (AvgIpc) is 2.70. The molecule has 0 bridgehead atoms. The van der Waals surface area contributed by atoms with Crippen molar-refractivity contribution < 1.29 is 0 Å². The number of hydrogen-bond acceptors (Lipinski definition) is 1. The Morgan fingerprint density at radius 3 is 2.29 bits per heavy atom. The lowest BCUT2D eigenvalue weighted by atomic mass is 9.98. The number of H-pyrrole nitrogens is 1. The van der Waals surface area contributed by atoms with E-state index in [-0.39, 0.29) is 5.56 Å². The molecular weight excluding hydrogens is 260 g/mol. The third-order valence-electron chi connectivity index (χ3n) is 3.96. The second kappa shape index (κ2) is 5.92. The van der Waals surface area contributed by atoms with E-state index < -0.39 is 0 Å². The lowest BCUT2D eigenvalue weighted by molar-refractivity contribution is 0.635. The van der Waals surface area contributed by atoms with E-state index in [1.165, 1.54) is 11.1 Å². The number of aromatic nitrogens is 2. The predicted octanol–water partition coefficient (Wildman–Crippen LogP) is 4.10. The first-order valence-corrected chi connectivity index (χ1v) is 7.72. The second-order valence-electron chi connectivity index (χ2n) is 6.67. The summed E-state index contributed by atoms with van der Waals surface area (Å²) in [5.74, 6) is 0.790. The quantitative estimate of drug-likeness (QED) is 0.902. The topological polar surface area (TPSA) is 37.8 Å². The number of aryl methyl sites for hydroxylation is 2. The molecule has 1 heterocycles. The Morgan fingerprint density at radius 1 is 1.10 bits per heavy atom. The Morgan fingerprint density at radius 2 is 1.76 bits per heavy atom. The highest BCUT2D eigenvalue weighted by molar-refractivity contribution is 5.40. The molecule has 0 radical (unpaired) electrons. The van der Waals surface area contributed by atoms with Crippen LogP contribution in [0.4, 0.5) is 0 Å². The number of rotatable bonds is 4. The summed E-state index contributed by atoms with van der Waals surface area (Å²) in [6.45, 7) is 12.7. The minimum atomic E-state index is 0.0932. The molecule has 0 atom stereocenters. The molecule has 0 aliphatic heterocycles. The van der Waals surface area contributed by atoms with Crippen LogP contribution in [0.15, 0.2) is 23.0 Å². The van der Waals surface area contributed by atoms with Gasteiger partial charge in [0.05, 0.1) is 5.69 Å². The van der Waals surface area contributed by atoms with Gasteiger partial charge in [0, 0.05) is 11.3 Å². The zero-order chi connectivity index (χ0) is 15.7. The lowest BCUT2D eigenvalue weighted by Crippen LogP contribution is -2.18. The molecule has 0 aliphatic rings. The Hall–Kier alpha value is -1.77. The van der Waals surface area contributed by atoms with Crippen molar-refractivity contribution in [1.82, 2.24) is 9.78 Å². The highest BCUT2D eigenvalue weighted by Crippen LogP contribution is 2.20. The molecule has 1 N–H and O–H groups in total. The van der Waals surface area contributed by atoms with Gasteiger partial charge in [0.25, 0.3) is 5.56 Å². The summed E-state index contributed by atoms with van der Waals surface area (Å²) < 4.78 is 1.69. The number of benzene rings is 1. The van der Waals surface area contributed by atoms with E-state index >= 15 is 0 Å². The van der Waals surface area contributed by atoms with Crippen molar-refractivity contribution in [2.24, 2.45) is 5.92 Å². The van der Waals surface area contributed by atoms with E-state index in [9.17, 15) is 4.79 Å². The number of aromatic amines is 1. The summed E-state index contributed by atoms with van der Waals surface area (Å²) in [5.41, 5.74) is 5.44. The van der Waals surface area contributed by atoms with Crippen molar-refractivity contribution in [1.29, 1.82) is 0 Å². The van der Waals surface area contributed by atoms with E-state index in [0.717, 1.165) is 23.4 Å². The SMILES string of the molecule is Cc1ccc(-n2[nH]c(C(C)C)c(CC(C)C)c2=O)cc1C. The number of nitrogens with zero attached hydrogens (tertiary/aromatic N) is 1. The molecule has 0 amide bonds. The zero-order valence-corrected chi connectivity index (χ0v) is 13.9. The van der Waals surface area contributed by atoms with Crippen molar-refractivity contribution in [3.05, 3.63) is 50.9 Å². The molecule has 1 aromatic heterocycles. The minimum Gasteiger partial charge on any atom is -0.294 e. The van der Waals surface area contributed by atoms with E-state index in [4.69, 9.17) is 0 Å². The zero-order valence-electron chi connectivity index (χ0n) is 13.9. The average molecular weight is 286 g/mol. The van der Waals surface area contributed by atoms with Crippen LogP contribution < -0.4 is 5.56 Å². The Kier molecular flexibility index (Phi) is 4.40. The maximum atomic E-state index is 12.8. The third-order valence-corrected chi connectivity index (χ3v) is 3.96. The lowest BCUT2D eigenvalue weighted by Gasteiger charge is -2.07. The van der Waals surface area contributed by atoms with E-state index in [1.807, 2.05) is 6.07 Å². The molecule has 0 saturated heterocycles. The molecule has 21 heavy (non-hydrogen) atoms. The van der Waals surface area contributed by atoms with Crippen LogP contribution in [0, 0.1) is 19.8 Å². The highest BCUT2D eigenvalue weighted by Gasteiger charge is 2.18. The molecule has 0 saturated carbocycles. The Bertz CT molecular complexity index is 690. The summed E-state index contributed by atoms with van der Waals surface area (Å²) in [7, 11) is 0. The first-order valence-electron chi connectivity index (χ1n) is 7.72. The molecule has 0 unspecified atom stereocenters. The van der Waals surface area contributed by atoms with Gasteiger partial charge in [0.2, 0.25) is 0 Å². The summed E-state index contributed by atoms with van der Waals surface area (Å²) in [4.78, 5) is 12.8. The highest BCUT2D eigenvalue weighted by atomic mass is 16.1. The second-order valence-corrected chi connectivity index (χ2v) is 6.67. The summed E-state index contributed by atoms with van der Waals surface area (Å²) in [6, 6.07) is 6.13. The first-order chi connectivity index (χ1) is 9.81. The van der Waals surface area contributed by atoms with Gasteiger partial charge in [-0.3, -0.25) is 9.89 Å². The fraction of sp³-hybridized carbons (Fsp3) is 0.500. The van der Waals surface area contributed by atoms with Gasteiger partial charge in [-0.1, -0.05) is 33.8 Å². The van der Waals surface area contributed by atoms with Gasteiger partial charge < -0.3 is 0 Å². The smallest absolute Gasteiger partial charge is 0.274 e. The van der Waals surface area contributed by atoms with Crippen LogP contribution in [-0.2, 0) is 6.42 Å². The molecular formula is C18H26N2O. The Labute approximate surface area is 127 Å². The van der Waals surface area contributed by atoms with Gasteiger partial charge in [-0.05, 0) is 55.4 Å². The normalized spacial score (nSPS) is 11.6. The maximum Gasteiger partial charge on any atom is 0.274 e. The van der Waals surface area contributed by atoms with Gasteiger partial charge in [0.1, 0.15) is 0 Å². The largest absolute Gasteiger partial charge is 0.294 e. The standard InChI is InChI=1S/C18H26N2O/c1-11(2)9-16-17(12(3)4)19-20(18(16)21)15-8-7-13(5)14(6)10-15/h7-8,10-12,19H,9H2,1-6H3. The van der Waals surface area contributed by atoms with Gasteiger partial charge in [-0.2, -0.15) is 0 Å². The van der Waals surface area contributed by atoms with E-state index in [1.54, 1.807) is 4.68 Å². The van der Waals surface area contributed by atoms with Crippen LogP contribution in [0.3, 0.4) is 0 Å². The van der Waals surface area contributed by atoms with Crippen LogP contribution >= 0.6 is 0 Å². The number of hydrogen-bond donors (Lipinski definition) is 1. The molecule has 0 aliphatic carbocycles. The summed E-state index contributed by atoms with van der Waals surface area (Å²) >= 11 is 0. The molecule has 2 rings (SSSR count). The van der Waals surface area contributed by atoms with Crippen LogP contribution in [0.1, 0.15) is 56.0 Å². The van der Waals surface area contributed by atoms with Crippen LogP contribution in [-0.4, -0.2) is 9.78 Å². The molecule has 0 fully saturated rings. The van der Waals surface area contributed by atoms with Crippen molar-refractivity contribution in [3.8, 4) is 5.69 Å².